The van der Waals surface area contributed by atoms with Crippen LogP contribution in [0.5, 0.6) is 5.75 Å². The van der Waals surface area contributed by atoms with Crippen LogP contribution in [0.1, 0.15) is 50.2 Å². The van der Waals surface area contributed by atoms with Crippen molar-refractivity contribution in [1.82, 2.24) is 0 Å². The zero-order valence-electron chi connectivity index (χ0n) is 10.00. The number of phenolic OH excluding ortho intramolecular Hbond substituents is 1. The fourth-order valence-electron chi connectivity index (χ4n) is 2.73. The van der Waals surface area contributed by atoms with Crippen LogP contribution >= 0.6 is 0 Å². The Morgan fingerprint density at radius 1 is 1.25 bits per heavy atom. The summed E-state index contributed by atoms with van der Waals surface area (Å²) in [5, 5.41) is 10.2. The van der Waals surface area contributed by atoms with Crippen LogP contribution in [0.4, 0.5) is 0 Å². The summed E-state index contributed by atoms with van der Waals surface area (Å²) in [4.78, 5) is 0. The van der Waals surface area contributed by atoms with E-state index >= 15 is 0 Å². The lowest BCUT2D eigenvalue weighted by molar-refractivity contribution is 0.291. The molecule has 1 aromatic carbocycles. The minimum atomic E-state index is -0.298. The molecule has 0 unspecified atom stereocenters. The number of rotatable bonds is 2. The molecular weight excluding hydrogens is 198 g/mol. The number of aryl methyl sites for hydroxylation is 1. The Morgan fingerprint density at radius 3 is 2.56 bits per heavy atom. The first-order chi connectivity index (χ1) is 7.67. The average Bonchev–Trinajstić information content (AvgIpc) is 2.30. The number of aromatic hydroxyl groups is 1. The van der Waals surface area contributed by atoms with Gasteiger partial charge in [0.1, 0.15) is 5.75 Å². The van der Waals surface area contributed by atoms with Crippen LogP contribution in [0.15, 0.2) is 18.2 Å². The molecule has 1 fully saturated rings. The lowest BCUT2D eigenvalue weighted by Gasteiger charge is -2.34. The van der Waals surface area contributed by atoms with Gasteiger partial charge in [0.2, 0.25) is 0 Å². The second-order valence-corrected chi connectivity index (χ2v) is 4.88. The Kier molecular flexibility index (Phi) is 3.20. The molecule has 0 spiro atoms. The predicted octanol–water partition coefficient (Wildman–Crippen LogP) is 3.07. The third kappa shape index (κ3) is 1.94. The van der Waals surface area contributed by atoms with Crippen LogP contribution in [0.3, 0.4) is 0 Å². The van der Waals surface area contributed by atoms with Crippen LogP contribution in [0.25, 0.3) is 0 Å². The van der Waals surface area contributed by atoms with E-state index in [9.17, 15) is 5.11 Å². The van der Waals surface area contributed by atoms with Gasteiger partial charge in [0.15, 0.2) is 0 Å². The molecule has 0 bridgehead atoms. The Bertz CT molecular complexity index is 367. The number of phenols is 1. The number of hydrogen-bond donors (Lipinski definition) is 2. The van der Waals surface area contributed by atoms with Crippen molar-refractivity contribution in [2.24, 2.45) is 5.73 Å². The number of para-hydroxylation sites is 1. The Hall–Kier alpha value is -1.02. The predicted molar refractivity (Wildman–Crippen MR) is 66.4 cm³/mol. The minimum Gasteiger partial charge on any atom is -0.507 e. The van der Waals surface area contributed by atoms with Gasteiger partial charge in [-0.1, -0.05) is 44.4 Å². The topological polar surface area (TPSA) is 46.2 Å². The van der Waals surface area contributed by atoms with Crippen LogP contribution in [-0.4, -0.2) is 5.11 Å². The highest BCUT2D eigenvalue weighted by Crippen LogP contribution is 2.40. The van der Waals surface area contributed by atoms with Crippen LogP contribution < -0.4 is 5.73 Å². The van der Waals surface area contributed by atoms with Crippen LogP contribution in [-0.2, 0) is 12.0 Å². The quantitative estimate of drug-likeness (QED) is 0.803. The molecule has 88 valence electrons. The van der Waals surface area contributed by atoms with E-state index in [1.54, 1.807) is 0 Å². The van der Waals surface area contributed by atoms with E-state index in [1.165, 1.54) is 19.3 Å². The van der Waals surface area contributed by atoms with Gasteiger partial charge in [-0.2, -0.15) is 0 Å². The maximum Gasteiger partial charge on any atom is 0.123 e. The Morgan fingerprint density at radius 2 is 1.94 bits per heavy atom. The van der Waals surface area contributed by atoms with Gasteiger partial charge < -0.3 is 10.8 Å². The number of nitrogens with two attached hydrogens (primary N) is 1. The van der Waals surface area contributed by atoms with E-state index in [-0.39, 0.29) is 5.54 Å². The molecule has 2 rings (SSSR count). The smallest absolute Gasteiger partial charge is 0.123 e. The van der Waals surface area contributed by atoms with Crippen molar-refractivity contribution in [1.29, 1.82) is 0 Å². The van der Waals surface area contributed by atoms with Crippen molar-refractivity contribution in [3.05, 3.63) is 29.3 Å². The summed E-state index contributed by atoms with van der Waals surface area (Å²) < 4.78 is 0. The molecule has 1 saturated carbocycles. The number of hydrogen-bond acceptors (Lipinski definition) is 2. The average molecular weight is 219 g/mol. The molecule has 0 aliphatic heterocycles. The molecule has 0 heterocycles. The first kappa shape index (κ1) is 11.5. The highest BCUT2D eigenvalue weighted by molar-refractivity contribution is 5.44. The molecule has 0 amide bonds. The number of benzene rings is 1. The first-order valence-electron chi connectivity index (χ1n) is 6.27. The van der Waals surface area contributed by atoms with Crippen molar-refractivity contribution in [3.8, 4) is 5.75 Å². The van der Waals surface area contributed by atoms with Crippen LogP contribution in [0, 0.1) is 0 Å². The van der Waals surface area contributed by atoms with Gasteiger partial charge >= 0.3 is 0 Å². The Labute approximate surface area is 97.5 Å². The van der Waals surface area contributed by atoms with Gasteiger partial charge in [0.05, 0.1) is 0 Å². The highest BCUT2D eigenvalue weighted by atomic mass is 16.3. The van der Waals surface area contributed by atoms with Gasteiger partial charge in [0.25, 0.3) is 0 Å². The van der Waals surface area contributed by atoms with Gasteiger partial charge in [-0.15, -0.1) is 0 Å². The molecule has 0 aromatic heterocycles. The van der Waals surface area contributed by atoms with Crippen molar-refractivity contribution >= 4 is 0 Å². The molecule has 16 heavy (non-hydrogen) atoms. The van der Waals surface area contributed by atoms with E-state index in [4.69, 9.17) is 5.73 Å². The molecule has 1 aromatic rings. The minimum absolute atomic E-state index is 0.298. The monoisotopic (exact) mass is 219 g/mol. The van der Waals surface area contributed by atoms with Crippen molar-refractivity contribution in [3.63, 3.8) is 0 Å². The molecular formula is C14H21NO. The molecule has 2 nitrogen and oxygen atoms in total. The molecule has 0 saturated heterocycles. The summed E-state index contributed by atoms with van der Waals surface area (Å²) in [5.74, 6) is 0.425. The molecule has 0 atom stereocenters. The second kappa shape index (κ2) is 4.46. The summed E-state index contributed by atoms with van der Waals surface area (Å²) in [6.45, 7) is 2.06. The SMILES string of the molecule is CCc1cccc(C2(N)CCCCC2)c1O. The molecule has 1 aliphatic carbocycles. The first-order valence-corrected chi connectivity index (χ1v) is 6.27. The molecule has 0 radical (unpaired) electrons. The van der Waals surface area contributed by atoms with Crippen LogP contribution in [0.2, 0.25) is 0 Å². The maximum atomic E-state index is 10.2. The van der Waals surface area contributed by atoms with E-state index in [1.807, 2.05) is 18.2 Å². The summed E-state index contributed by atoms with van der Waals surface area (Å²) in [6, 6.07) is 5.97. The standard InChI is InChI=1S/C14H21NO/c1-2-11-7-6-8-12(13(11)16)14(15)9-4-3-5-10-14/h6-8,16H,2-5,9-10,15H2,1H3. The Balaban J connectivity index is 2.38. The van der Waals surface area contributed by atoms with Crippen molar-refractivity contribution < 1.29 is 5.11 Å². The third-order valence-electron chi connectivity index (χ3n) is 3.78. The third-order valence-corrected chi connectivity index (χ3v) is 3.78. The fourth-order valence-corrected chi connectivity index (χ4v) is 2.73. The van der Waals surface area contributed by atoms with E-state index < -0.39 is 0 Å². The van der Waals surface area contributed by atoms with E-state index in [2.05, 4.69) is 6.92 Å². The molecule has 1 aliphatic rings. The fraction of sp³-hybridized carbons (Fsp3) is 0.571. The molecule has 3 N–H and O–H groups in total. The van der Waals surface area contributed by atoms with Gasteiger partial charge in [-0.05, 0) is 24.8 Å². The lowest BCUT2D eigenvalue weighted by Crippen LogP contribution is -2.38. The van der Waals surface area contributed by atoms with E-state index in [0.29, 0.717) is 5.75 Å². The van der Waals surface area contributed by atoms with Crippen molar-refractivity contribution in [2.75, 3.05) is 0 Å². The van der Waals surface area contributed by atoms with Crippen molar-refractivity contribution in [2.45, 2.75) is 51.0 Å². The lowest BCUT2D eigenvalue weighted by atomic mass is 9.76. The summed E-state index contributed by atoms with van der Waals surface area (Å²) in [6.07, 6.45) is 6.46. The molecule has 2 heteroatoms. The van der Waals surface area contributed by atoms with E-state index in [0.717, 1.165) is 30.4 Å². The second-order valence-electron chi connectivity index (χ2n) is 4.88. The van der Waals surface area contributed by atoms with Gasteiger partial charge in [-0.3, -0.25) is 0 Å². The van der Waals surface area contributed by atoms with Gasteiger partial charge in [0, 0.05) is 11.1 Å². The zero-order chi connectivity index (χ0) is 11.6. The van der Waals surface area contributed by atoms with Gasteiger partial charge in [-0.25, -0.2) is 0 Å². The summed E-state index contributed by atoms with van der Waals surface area (Å²) in [5.41, 5.74) is 8.10. The zero-order valence-corrected chi connectivity index (χ0v) is 10.00. The largest absolute Gasteiger partial charge is 0.507 e. The summed E-state index contributed by atoms with van der Waals surface area (Å²) in [7, 11) is 0. The summed E-state index contributed by atoms with van der Waals surface area (Å²) >= 11 is 0. The highest BCUT2D eigenvalue weighted by Gasteiger charge is 2.32. The maximum absolute atomic E-state index is 10.2. The normalized spacial score (nSPS) is 19.6.